The van der Waals surface area contributed by atoms with E-state index in [1.807, 2.05) is 6.92 Å². The number of halogens is 2. The molecule has 1 aliphatic rings. The van der Waals surface area contributed by atoms with Crippen LogP contribution in [0.25, 0.3) is 0 Å². The van der Waals surface area contributed by atoms with Crippen LogP contribution in [0.2, 0.25) is 0 Å². The van der Waals surface area contributed by atoms with Crippen LogP contribution in [0.1, 0.15) is 42.8 Å². The van der Waals surface area contributed by atoms with Crippen molar-refractivity contribution in [2.75, 3.05) is 13.7 Å². The predicted molar refractivity (Wildman–Crippen MR) is 80.0 cm³/mol. The molecule has 130 valence electrons. The summed E-state index contributed by atoms with van der Waals surface area (Å²) < 4.78 is 42.4. The predicted octanol–water partition coefficient (Wildman–Crippen LogP) is 2.68. The molecule has 1 aliphatic heterocycles. The highest BCUT2D eigenvalue weighted by molar-refractivity contribution is 5.22. The van der Waals surface area contributed by atoms with Gasteiger partial charge in [0, 0.05) is 19.8 Å². The van der Waals surface area contributed by atoms with E-state index in [9.17, 15) is 8.78 Å². The molecular weight excluding hydrogens is 320 g/mol. The molecule has 0 spiro atoms. The monoisotopic (exact) mass is 339 g/mol. The summed E-state index contributed by atoms with van der Waals surface area (Å²) in [5, 5.41) is 7.18. The molecule has 1 fully saturated rings. The third kappa shape index (κ3) is 3.61. The first kappa shape index (κ1) is 16.9. The molecule has 1 aromatic heterocycles. The molecule has 1 N–H and O–H groups in total. The molecule has 0 amide bonds. The molecular formula is C16H19F2N3O3. The number of hydrogen-bond acceptors (Lipinski definition) is 6. The summed E-state index contributed by atoms with van der Waals surface area (Å²) in [6.07, 6.45) is 0.386. The minimum Gasteiger partial charge on any atom is -0.377 e. The first-order valence-electron chi connectivity index (χ1n) is 7.72. The van der Waals surface area contributed by atoms with Crippen LogP contribution in [0, 0.1) is 11.6 Å². The number of benzene rings is 1. The van der Waals surface area contributed by atoms with Gasteiger partial charge in [-0.3, -0.25) is 0 Å². The van der Waals surface area contributed by atoms with Crippen molar-refractivity contribution in [2.24, 2.45) is 0 Å². The summed E-state index contributed by atoms with van der Waals surface area (Å²) in [7, 11) is 1.56. The molecule has 0 radical (unpaired) electrons. The molecule has 3 rings (SSSR count). The molecule has 0 aliphatic carbocycles. The van der Waals surface area contributed by atoms with Gasteiger partial charge in [0.05, 0.1) is 12.1 Å². The third-order valence-corrected chi connectivity index (χ3v) is 3.96. The highest BCUT2D eigenvalue weighted by atomic mass is 19.2. The van der Waals surface area contributed by atoms with Crippen molar-refractivity contribution < 1.29 is 22.8 Å². The number of methoxy groups -OCH3 is 1. The van der Waals surface area contributed by atoms with E-state index >= 15 is 0 Å². The Morgan fingerprint density at radius 3 is 2.96 bits per heavy atom. The topological polar surface area (TPSA) is 69.4 Å². The Balaban J connectivity index is 1.69. The van der Waals surface area contributed by atoms with Crippen molar-refractivity contribution in [2.45, 2.75) is 38.1 Å². The fraction of sp³-hybridized carbons (Fsp3) is 0.500. The zero-order valence-corrected chi connectivity index (χ0v) is 13.5. The van der Waals surface area contributed by atoms with Crippen LogP contribution in [0.3, 0.4) is 0 Å². The van der Waals surface area contributed by atoms with Gasteiger partial charge in [-0.05, 0) is 31.0 Å². The fourth-order valence-corrected chi connectivity index (χ4v) is 2.80. The van der Waals surface area contributed by atoms with Crippen molar-refractivity contribution in [1.82, 2.24) is 15.5 Å². The van der Waals surface area contributed by atoms with Crippen molar-refractivity contribution in [3.8, 4) is 0 Å². The molecule has 24 heavy (non-hydrogen) atoms. The quantitative estimate of drug-likeness (QED) is 0.873. The van der Waals surface area contributed by atoms with E-state index in [4.69, 9.17) is 14.0 Å². The maximum Gasteiger partial charge on any atom is 0.243 e. The van der Waals surface area contributed by atoms with E-state index in [-0.39, 0.29) is 24.8 Å². The average Bonchev–Trinajstić information content (AvgIpc) is 3.20. The largest absolute Gasteiger partial charge is 0.377 e. The Morgan fingerprint density at radius 1 is 1.38 bits per heavy atom. The number of rotatable bonds is 6. The zero-order valence-electron chi connectivity index (χ0n) is 13.5. The lowest BCUT2D eigenvalue weighted by atomic mass is 10.0. The van der Waals surface area contributed by atoms with Crippen LogP contribution in [-0.4, -0.2) is 29.9 Å². The third-order valence-electron chi connectivity index (χ3n) is 3.96. The van der Waals surface area contributed by atoms with Crippen LogP contribution in [0.5, 0.6) is 0 Å². The minimum atomic E-state index is -0.879. The molecule has 0 saturated carbocycles. The van der Waals surface area contributed by atoms with Gasteiger partial charge in [0.25, 0.3) is 0 Å². The van der Waals surface area contributed by atoms with Crippen LogP contribution in [0.15, 0.2) is 22.7 Å². The molecule has 2 heterocycles. The van der Waals surface area contributed by atoms with Gasteiger partial charge in [-0.15, -0.1) is 0 Å². The highest BCUT2D eigenvalue weighted by Gasteiger charge is 2.32. The summed E-state index contributed by atoms with van der Waals surface area (Å²) in [6.45, 7) is 2.71. The number of nitrogens with zero attached hydrogens (tertiary/aromatic N) is 2. The van der Waals surface area contributed by atoms with Crippen molar-refractivity contribution in [3.05, 3.63) is 47.1 Å². The maximum absolute atomic E-state index is 13.5. The average molecular weight is 339 g/mol. The molecule has 2 aromatic rings. The second kappa shape index (κ2) is 7.33. The molecule has 3 atom stereocenters. The number of aromatic nitrogens is 2. The second-order valence-corrected chi connectivity index (χ2v) is 5.73. The molecule has 8 heteroatoms. The zero-order chi connectivity index (χ0) is 17.1. The number of ether oxygens (including phenoxy) is 2. The summed E-state index contributed by atoms with van der Waals surface area (Å²) in [4.78, 5) is 4.25. The standard InChI is InChI=1S/C16H19F2N3O3/c1-9(16-20-14(8-22-2)21-24-16)19-13-5-6-23-15(13)10-3-4-11(17)12(18)7-10/h3-4,7,9,13,15,19H,5-6,8H2,1-2H3/t9-,13+,15+/m0/s1. The fourth-order valence-electron chi connectivity index (χ4n) is 2.80. The number of hydrogen-bond donors (Lipinski definition) is 1. The smallest absolute Gasteiger partial charge is 0.243 e. The lowest BCUT2D eigenvalue weighted by molar-refractivity contribution is 0.0954. The van der Waals surface area contributed by atoms with Gasteiger partial charge in [-0.1, -0.05) is 11.2 Å². The minimum absolute atomic E-state index is 0.0670. The van der Waals surface area contributed by atoms with E-state index in [0.717, 1.165) is 12.5 Å². The molecule has 0 unspecified atom stereocenters. The summed E-state index contributed by atoms with van der Waals surface area (Å²) in [5.74, 6) is -0.832. The SMILES string of the molecule is COCc1noc([C@H](C)N[C@@H]2CCO[C@@H]2c2ccc(F)c(F)c2)n1. The summed E-state index contributed by atoms with van der Waals surface area (Å²) in [5.41, 5.74) is 0.599. The van der Waals surface area contributed by atoms with E-state index in [1.54, 1.807) is 7.11 Å². The van der Waals surface area contributed by atoms with Crippen LogP contribution >= 0.6 is 0 Å². The van der Waals surface area contributed by atoms with Crippen molar-refractivity contribution in [3.63, 3.8) is 0 Å². The van der Waals surface area contributed by atoms with Crippen LogP contribution in [0.4, 0.5) is 8.78 Å². The molecule has 1 aromatic carbocycles. The Morgan fingerprint density at radius 2 is 2.21 bits per heavy atom. The first-order valence-corrected chi connectivity index (χ1v) is 7.72. The van der Waals surface area contributed by atoms with E-state index in [2.05, 4.69) is 15.5 Å². The van der Waals surface area contributed by atoms with Gasteiger partial charge in [-0.2, -0.15) is 4.98 Å². The van der Waals surface area contributed by atoms with Gasteiger partial charge in [0.2, 0.25) is 5.89 Å². The first-order chi connectivity index (χ1) is 11.6. The molecule has 0 bridgehead atoms. The van der Waals surface area contributed by atoms with Crippen molar-refractivity contribution in [1.29, 1.82) is 0 Å². The Kier molecular flexibility index (Phi) is 5.17. The van der Waals surface area contributed by atoms with Gasteiger partial charge in [0.15, 0.2) is 17.5 Å². The Hall–Kier alpha value is -1.90. The van der Waals surface area contributed by atoms with E-state index < -0.39 is 11.6 Å². The Labute approximate surface area is 138 Å². The van der Waals surface area contributed by atoms with Crippen LogP contribution in [-0.2, 0) is 16.1 Å². The van der Waals surface area contributed by atoms with Crippen molar-refractivity contribution >= 4 is 0 Å². The Bertz CT molecular complexity index is 695. The lowest BCUT2D eigenvalue weighted by Crippen LogP contribution is -2.34. The highest BCUT2D eigenvalue weighted by Crippen LogP contribution is 2.31. The van der Waals surface area contributed by atoms with Gasteiger partial charge in [0.1, 0.15) is 6.61 Å². The van der Waals surface area contributed by atoms with E-state index in [0.29, 0.717) is 23.9 Å². The number of nitrogens with one attached hydrogen (secondary N) is 1. The summed E-state index contributed by atoms with van der Waals surface area (Å²) in [6, 6.07) is 3.55. The maximum atomic E-state index is 13.5. The van der Waals surface area contributed by atoms with Crippen LogP contribution < -0.4 is 5.32 Å². The van der Waals surface area contributed by atoms with Gasteiger partial charge >= 0.3 is 0 Å². The van der Waals surface area contributed by atoms with Gasteiger partial charge in [-0.25, -0.2) is 8.78 Å². The van der Waals surface area contributed by atoms with Gasteiger partial charge < -0.3 is 19.3 Å². The second-order valence-electron chi connectivity index (χ2n) is 5.73. The van der Waals surface area contributed by atoms with E-state index in [1.165, 1.54) is 12.1 Å². The lowest BCUT2D eigenvalue weighted by Gasteiger charge is -2.22. The summed E-state index contributed by atoms with van der Waals surface area (Å²) >= 11 is 0. The normalized spacial score (nSPS) is 22.0. The molecule has 1 saturated heterocycles. The molecule has 6 nitrogen and oxygen atoms in total.